The summed E-state index contributed by atoms with van der Waals surface area (Å²) in [6.45, 7) is 4.01. The highest BCUT2D eigenvalue weighted by molar-refractivity contribution is 7.09. The Balaban J connectivity index is 1.84. The molecule has 3 amide bonds. The third-order valence-electron chi connectivity index (χ3n) is 6.60. The highest BCUT2D eigenvalue weighted by Gasteiger charge is 2.37. The Morgan fingerprint density at radius 1 is 1.08 bits per heavy atom. The maximum Gasteiger partial charge on any atom is 0.273 e. The molecule has 36 heavy (non-hydrogen) atoms. The molecule has 1 aromatic heterocycles. The van der Waals surface area contributed by atoms with Crippen LogP contribution in [0.15, 0.2) is 48.5 Å². The molecule has 1 atom stereocenters. The molecule has 8 nitrogen and oxygen atoms in total. The Kier molecular flexibility index (Phi) is 7.69. The van der Waals surface area contributed by atoms with Crippen molar-refractivity contribution in [2.24, 2.45) is 5.73 Å². The van der Waals surface area contributed by atoms with Crippen molar-refractivity contribution in [2.75, 3.05) is 10.6 Å². The molecule has 1 aliphatic carbocycles. The zero-order valence-electron chi connectivity index (χ0n) is 20.5. The lowest BCUT2D eigenvalue weighted by atomic mass is 10.00. The number of hydrogen-bond donors (Lipinski definition) is 3. The number of nitrogens with zero attached hydrogens (tertiary/aromatic N) is 2. The van der Waals surface area contributed by atoms with Crippen LogP contribution in [0.2, 0.25) is 0 Å². The van der Waals surface area contributed by atoms with E-state index in [1.54, 1.807) is 0 Å². The summed E-state index contributed by atoms with van der Waals surface area (Å²) in [6, 6.07) is 14.2. The van der Waals surface area contributed by atoms with E-state index in [9.17, 15) is 14.4 Å². The fraction of sp³-hybridized carbons (Fsp3) is 0.333. The molecule has 5 N–H and O–H groups in total. The van der Waals surface area contributed by atoms with Crippen LogP contribution in [0.1, 0.15) is 75.5 Å². The maximum absolute atomic E-state index is 14.1. The Hall–Kier alpha value is -3.72. The molecule has 3 aromatic rings. The molecule has 0 saturated heterocycles. The number of hydrogen-bond acceptors (Lipinski definition) is 6. The van der Waals surface area contributed by atoms with E-state index in [0.29, 0.717) is 11.3 Å². The summed E-state index contributed by atoms with van der Waals surface area (Å²) in [5, 5.41) is 3.16. The number of amides is 3. The molecule has 0 radical (unpaired) electrons. The van der Waals surface area contributed by atoms with Crippen LogP contribution in [0.3, 0.4) is 0 Å². The first-order chi connectivity index (χ1) is 17.3. The molecule has 9 heteroatoms. The molecule has 1 heterocycles. The molecule has 4 rings (SSSR count). The zero-order chi connectivity index (χ0) is 25.8. The smallest absolute Gasteiger partial charge is 0.273 e. The lowest BCUT2D eigenvalue weighted by molar-refractivity contribution is -0.123. The first-order valence-corrected chi connectivity index (χ1v) is 12.9. The van der Waals surface area contributed by atoms with Crippen LogP contribution in [0.5, 0.6) is 0 Å². The topological polar surface area (TPSA) is 131 Å². The van der Waals surface area contributed by atoms with Gasteiger partial charge in [0, 0.05) is 11.7 Å². The van der Waals surface area contributed by atoms with Gasteiger partial charge in [0.2, 0.25) is 5.91 Å². The molecule has 0 aliphatic heterocycles. The van der Waals surface area contributed by atoms with Gasteiger partial charge in [0.15, 0.2) is 5.69 Å². The number of anilines is 2. The van der Waals surface area contributed by atoms with E-state index in [1.807, 2.05) is 62.4 Å². The first kappa shape index (κ1) is 25.4. The van der Waals surface area contributed by atoms with E-state index in [0.717, 1.165) is 54.8 Å². The van der Waals surface area contributed by atoms with Gasteiger partial charge in [0.05, 0.1) is 5.69 Å². The van der Waals surface area contributed by atoms with E-state index < -0.39 is 17.9 Å². The molecule has 1 fully saturated rings. The molecule has 0 unspecified atom stereocenters. The van der Waals surface area contributed by atoms with Crippen molar-refractivity contribution in [3.05, 3.63) is 75.8 Å². The molecule has 1 aliphatic rings. The number of aryl methyl sites for hydroxylation is 2. The van der Waals surface area contributed by atoms with Crippen molar-refractivity contribution in [3.63, 3.8) is 0 Å². The van der Waals surface area contributed by atoms with Crippen LogP contribution in [0, 0.1) is 6.92 Å². The molecular formula is C27H31N5O3S. The van der Waals surface area contributed by atoms with E-state index in [2.05, 4.69) is 9.69 Å². The second kappa shape index (κ2) is 10.9. The first-order valence-electron chi connectivity index (χ1n) is 12.1. The molecule has 0 spiro atoms. The number of primary amides is 1. The highest BCUT2D eigenvalue weighted by Crippen LogP contribution is 2.34. The monoisotopic (exact) mass is 505 g/mol. The molecule has 0 bridgehead atoms. The lowest BCUT2D eigenvalue weighted by Gasteiger charge is -2.32. The van der Waals surface area contributed by atoms with Crippen molar-refractivity contribution in [1.82, 2.24) is 9.69 Å². The van der Waals surface area contributed by atoms with Crippen LogP contribution in [-0.2, 0) is 11.2 Å². The molecule has 2 aromatic carbocycles. The van der Waals surface area contributed by atoms with Gasteiger partial charge >= 0.3 is 0 Å². The second-order valence-electron chi connectivity index (χ2n) is 9.14. The Bertz CT molecular complexity index is 1250. The number of carbonyl (C=O) groups is 3. The van der Waals surface area contributed by atoms with E-state index in [1.165, 1.54) is 4.90 Å². The minimum Gasteiger partial charge on any atom is -0.395 e. The van der Waals surface area contributed by atoms with Crippen LogP contribution in [0.25, 0.3) is 0 Å². The van der Waals surface area contributed by atoms with Gasteiger partial charge < -0.3 is 16.8 Å². The van der Waals surface area contributed by atoms with Gasteiger partial charge in [-0.2, -0.15) is 4.37 Å². The number of nitrogen functional groups attached to an aromatic ring is 1. The van der Waals surface area contributed by atoms with E-state index >= 15 is 0 Å². The van der Waals surface area contributed by atoms with Gasteiger partial charge in [-0.1, -0.05) is 61.7 Å². The summed E-state index contributed by atoms with van der Waals surface area (Å²) in [4.78, 5) is 41.2. The zero-order valence-corrected chi connectivity index (χ0v) is 21.3. The van der Waals surface area contributed by atoms with E-state index in [4.69, 9.17) is 11.5 Å². The van der Waals surface area contributed by atoms with Gasteiger partial charge in [-0.3, -0.25) is 19.3 Å². The minimum atomic E-state index is -0.954. The SMILES string of the molecule is CCc1ccc(N(C(=O)c2snc(C(N)=O)c2N)[C@@H](C(=O)NC2CCCC2)c2ccc(C)cc2)cc1. The predicted molar refractivity (Wildman–Crippen MR) is 142 cm³/mol. The number of carbonyl (C=O) groups excluding carboxylic acids is 3. The van der Waals surface area contributed by atoms with Crippen molar-refractivity contribution in [3.8, 4) is 0 Å². The van der Waals surface area contributed by atoms with Crippen LogP contribution < -0.4 is 21.7 Å². The van der Waals surface area contributed by atoms with Crippen LogP contribution in [-0.4, -0.2) is 28.1 Å². The molecule has 188 valence electrons. The summed E-state index contributed by atoms with van der Waals surface area (Å²) in [5.74, 6) is -1.60. The normalized spacial score (nSPS) is 14.4. The fourth-order valence-corrected chi connectivity index (χ4v) is 5.27. The van der Waals surface area contributed by atoms with Gasteiger partial charge in [-0.15, -0.1) is 0 Å². The van der Waals surface area contributed by atoms with Crippen molar-refractivity contribution in [2.45, 2.75) is 58.0 Å². The van der Waals surface area contributed by atoms with Gasteiger partial charge in [-0.25, -0.2) is 0 Å². The fourth-order valence-electron chi connectivity index (χ4n) is 4.53. The molecule has 1 saturated carbocycles. The lowest BCUT2D eigenvalue weighted by Crippen LogP contribution is -2.46. The van der Waals surface area contributed by atoms with Crippen molar-refractivity contribution < 1.29 is 14.4 Å². The summed E-state index contributed by atoms with van der Waals surface area (Å²) >= 11 is 0.804. The van der Waals surface area contributed by atoms with Gasteiger partial charge in [0.25, 0.3) is 11.8 Å². The van der Waals surface area contributed by atoms with Crippen molar-refractivity contribution >= 4 is 40.6 Å². The Morgan fingerprint density at radius 3 is 2.28 bits per heavy atom. The Labute approximate surface area is 214 Å². The third kappa shape index (κ3) is 5.26. The van der Waals surface area contributed by atoms with Crippen LogP contribution in [0.4, 0.5) is 11.4 Å². The highest BCUT2D eigenvalue weighted by atomic mass is 32.1. The number of nitrogens with two attached hydrogens (primary N) is 2. The minimum absolute atomic E-state index is 0.0640. The summed E-state index contributed by atoms with van der Waals surface area (Å²) in [6.07, 6.45) is 4.79. The van der Waals surface area contributed by atoms with Crippen LogP contribution >= 0.6 is 11.5 Å². The molecular weight excluding hydrogens is 474 g/mol. The summed E-state index contributed by atoms with van der Waals surface area (Å²) in [5.41, 5.74) is 14.6. The quantitative estimate of drug-likeness (QED) is 0.423. The summed E-state index contributed by atoms with van der Waals surface area (Å²) < 4.78 is 4.01. The maximum atomic E-state index is 14.1. The standard InChI is InChI=1S/C27H31N5O3S/c1-3-17-10-14-20(15-11-17)32(27(35)24-21(28)22(25(29)33)31-36-24)23(18-12-8-16(2)9-13-18)26(34)30-19-6-4-5-7-19/h8-15,19,23H,3-7,28H2,1-2H3,(H2,29,33)(H,30,34)/t23-/m1/s1. The predicted octanol–water partition coefficient (Wildman–Crippen LogP) is 4.14. The number of rotatable bonds is 8. The van der Waals surface area contributed by atoms with Gasteiger partial charge in [0.1, 0.15) is 10.9 Å². The number of aromatic nitrogens is 1. The average Bonchev–Trinajstić information content (AvgIpc) is 3.52. The second-order valence-corrected chi connectivity index (χ2v) is 9.91. The number of nitrogens with one attached hydrogen (secondary N) is 1. The number of benzene rings is 2. The average molecular weight is 506 g/mol. The van der Waals surface area contributed by atoms with Gasteiger partial charge in [-0.05, 0) is 61.0 Å². The van der Waals surface area contributed by atoms with E-state index in [-0.39, 0.29) is 28.2 Å². The van der Waals surface area contributed by atoms with Crippen molar-refractivity contribution in [1.29, 1.82) is 0 Å². The summed E-state index contributed by atoms with van der Waals surface area (Å²) in [7, 11) is 0. The largest absolute Gasteiger partial charge is 0.395 e. The Morgan fingerprint density at radius 2 is 1.72 bits per heavy atom. The third-order valence-corrected chi connectivity index (χ3v) is 7.45.